The minimum atomic E-state index is -3.79. The molecular formula is C22H34N4O6S. The van der Waals surface area contributed by atoms with Crippen molar-refractivity contribution < 1.29 is 27.5 Å². The average molecular weight is 483 g/mol. The zero-order valence-electron chi connectivity index (χ0n) is 19.9. The van der Waals surface area contributed by atoms with Gasteiger partial charge < -0.3 is 15.0 Å². The van der Waals surface area contributed by atoms with Gasteiger partial charge >= 0.3 is 12.0 Å². The smallest absolute Gasteiger partial charge is 0.340 e. The van der Waals surface area contributed by atoms with Gasteiger partial charge in [0.05, 0.1) is 16.1 Å². The van der Waals surface area contributed by atoms with Gasteiger partial charge in [-0.2, -0.15) is 4.31 Å². The number of nitrogens with one attached hydrogen (secondary N) is 2. The van der Waals surface area contributed by atoms with Crippen LogP contribution in [0.2, 0.25) is 0 Å². The van der Waals surface area contributed by atoms with E-state index < -0.39 is 40.1 Å². The molecule has 1 saturated heterocycles. The van der Waals surface area contributed by atoms with E-state index in [-0.39, 0.29) is 10.5 Å². The molecule has 0 bridgehead atoms. The highest BCUT2D eigenvalue weighted by Gasteiger charge is 2.27. The van der Waals surface area contributed by atoms with E-state index in [0.717, 1.165) is 25.9 Å². The third kappa shape index (κ3) is 7.16. The normalized spacial score (nSPS) is 14.3. The predicted octanol–water partition coefficient (Wildman–Crippen LogP) is 2.10. The highest BCUT2D eigenvalue weighted by atomic mass is 32.2. The molecule has 1 heterocycles. The van der Waals surface area contributed by atoms with Crippen LogP contribution in [0.1, 0.15) is 57.8 Å². The lowest BCUT2D eigenvalue weighted by Gasteiger charge is -2.23. The van der Waals surface area contributed by atoms with Crippen molar-refractivity contribution in [1.29, 1.82) is 0 Å². The molecule has 10 nitrogen and oxygen atoms in total. The molecule has 0 unspecified atom stereocenters. The minimum absolute atomic E-state index is 0.0184. The Kier molecular flexibility index (Phi) is 8.84. The molecule has 2 rings (SSSR count). The summed E-state index contributed by atoms with van der Waals surface area (Å²) in [6.45, 7) is 10.1. The molecule has 11 heteroatoms. The Morgan fingerprint density at radius 3 is 2.24 bits per heavy atom. The summed E-state index contributed by atoms with van der Waals surface area (Å²) in [5, 5.41) is 4.67. The monoisotopic (exact) mass is 482 g/mol. The van der Waals surface area contributed by atoms with Crippen molar-refractivity contribution in [3.8, 4) is 0 Å². The summed E-state index contributed by atoms with van der Waals surface area (Å²) < 4.78 is 32.3. The molecule has 0 saturated carbocycles. The number of carbonyl (C=O) groups excluding carboxylic acids is 3. The number of nitrogens with zero attached hydrogens (tertiary/aromatic N) is 2. The number of imide groups is 1. The Morgan fingerprint density at radius 1 is 1.09 bits per heavy atom. The lowest BCUT2D eigenvalue weighted by molar-refractivity contribution is -0.123. The number of carbonyl (C=O) groups is 3. The third-order valence-electron chi connectivity index (χ3n) is 5.05. The van der Waals surface area contributed by atoms with Crippen LogP contribution in [0, 0.1) is 0 Å². The average Bonchev–Trinajstić information content (AvgIpc) is 3.25. The summed E-state index contributed by atoms with van der Waals surface area (Å²) in [5.74, 6) is -1.63. The summed E-state index contributed by atoms with van der Waals surface area (Å²) in [6.07, 6.45) is 1.92. The van der Waals surface area contributed by atoms with Crippen LogP contribution < -0.4 is 15.5 Å². The van der Waals surface area contributed by atoms with Crippen molar-refractivity contribution in [3.05, 3.63) is 23.8 Å². The zero-order chi connectivity index (χ0) is 24.8. The summed E-state index contributed by atoms with van der Waals surface area (Å²) in [5.41, 5.74) is 0.0848. The summed E-state index contributed by atoms with van der Waals surface area (Å²) in [7, 11) is -3.79. The SMILES string of the molecule is CCN(CC)S(=O)(=O)c1ccc(N2CCCC2)c(C(=O)OCC(=O)NC(=O)NC(C)(C)C)c1. The number of sulfonamides is 1. The van der Waals surface area contributed by atoms with Crippen LogP contribution in [0.15, 0.2) is 23.1 Å². The summed E-state index contributed by atoms with van der Waals surface area (Å²) >= 11 is 0. The molecular weight excluding hydrogens is 448 g/mol. The van der Waals surface area contributed by atoms with E-state index in [9.17, 15) is 22.8 Å². The molecule has 0 radical (unpaired) electrons. The molecule has 2 N–H and O–H groups in total. The predicted molar refractivity (Wildman–Crippen MR) is 125 cm³/mol. The Morgan fingerprint density at radius 2 is 1.70 bits per heavy atom. The second kappa shape index (κ2) is 11.0. The standard InChI is InChI=1S/C22H34N4O6S/c1-6-26(7-2)33(30,31)16-10-11-18(25-12-8-9-13-25)17(14-16)20(28)32-15-19(27)23-21(29)24-22(3,4)5/h10-11,14H,6-9,12-13,15H2,1-5H3,(H2,23,24,27,29). The summed E-state index contributed by atoms with van der Waals surface area (Å²) in [6, 6.07) is 3.69. The summed E-state index contributed by atoms with van der Waals surface area (Å²) in [4.78, 5) is 38.7. The maximum Gasteiger partial charge on any atom is 0.340 e. The molecule has 0 aliphatic carbocycles. The van der Waals surface area contributed by atoms with Gasteiger partial charge in [0, 0.05) is 31.7 Å². The number of amides is 3. The fraction of sp³-hybridized carbons (Fsp3) is 0.591. The minimum Gasteiger partial charge on any atom is -0.452 e. The van der Waals surface area contributed by atoms with E-state index in [0.29, 0.717) is 18.8 Å². The molecule has 1 aromatic rings. The van der Waals surface area contributed by atoms with E-state index in [1.165, 1.54) is 16.4 Å². The lowest BCUT2D eigenvalue weighted by Crippen LogP contribution is -2.49. The fourth-order valence-corrected chi connectivity index (χ4v) is 5.01. The molecule has 1 aliphatic rings. The maximum atomic E-state index is 13.0. The number of benzene rings is 1. The van der Waals surface area contributed by atoms with Crippen molar-refractivity contribution in [2.24, 2.45) is 0 Å². The van der Waals surface area contributed by atoms with Crippen molar-refractivity contribution in [2.45, 2.75) is 57.9 Å². The molecule has 0 aromatic heterocycles. The van der Waals surface area contributed by atoms with Crippen molar-refractivity contribution in [3.63, 3.8) is 0 Å². The number of urea groups is 1. The van der Waals surface area contributed by atoms with Gasteiger partial charge in [-0.25, -0.2) is 18.0 Å². The quantitative estimate of drug-likeness (QED) is 0.544. The van der Waals surface area contributed by atoms with Crippen LogP contribution in [0.5, 0.6) is 0 Å². The van der Waals surface area contributed by atoms with Gasteiger partial charge in [0.15, 0.2) is 6.61 Å². The van der Waals surface area contributed by atoms with E-state index in [4.69, 9.17) is 4.74 Å². The molecule has 1 fully saturated rings. The van der Waals surface area contributed by atoms with E-state index in [2.05, 4.69) is 10.6 Å². The third-order valence-corrected chi connectivity index (χ3v) is 7.10. The number of hydrogen-bond donors (Lipinski definition) is 2. The second-order valence-corrected chi connectivity index (χ2v) is 10.7. The van der Waals surface area contributed by atoms with E-state index >= 15 is 0 Å². The van der Waals surface area contributed by atoms with Gasteiger partial charge in [-0.3, -0.25) is 10.1 Å². The molecule has 184 valence electrons. The van der Waals surface area contributed by atoms with Crippen molar-refractivity contribution in [1.82, 2.24) is 14.9 Å². The fourth-order valence-electron chi connectivity index (χ4n) is 3.53. The van der Waals surface area contributed by atoms with Crippen LogP contribution in [-0.4, -0.2) is 69.0 Å². The molecule has 0 spiro atoms. The highest BCUT2D eigenvalue weighted by molar-refractivity contribution is 7.89. The second-order valence-electron chi connectivity index (χ2n) is 8.79. The van der Waals surface area contributed by atoms with Crippen LogP contribution in [-0.2, 0) is 19.6 Å². The van der Waals surface area contributed by atoms with Gasteiger partial charge in [-0.15, -0.1) is 0 Å². The lowest BCUT2D eigenvalue weighted by atomic mass is 10.1. The van der Waals surface area contributed by atoms with Gasteiger partial charge in [-0.1, -0.05) is 13.8 Å². The van der Waals surface area contributed by atoms with Gasteiger partial charge in [-0.05, 0) is 51.8 Å². The number of esters is 1. The number of hydrogen-bond acceptors (Lipinski definition) is 7. The molecule has 33 heavy (non-hydrogen) atoms. The van der Waals surface area contributed by atoms with Gasteiger partial charge in [0.1, 0.15) is 0 Å². The van der Waals surface area contributed by atoms with Gasteiger partial charge in [0.25, 0.3) is 5.91 Å². The van der Waals surface area contributed by atoms with Crippen LogP contribution >= 0.6 is 0 Å². The van der Waals surface area contributed by atoms with E-state index in [1.807, 2.05) is 4.90 Å². The van der Waals surface area contributed by atoms with Crippen molar-refractivity contribution >= 4 is 33.6 Å². The first-order valence-electron chi connectivity index (χ1n) is 11.1. The molecule has 1 aliphatic heterocycles. The van der Waals surface area contributed by atoms with Crippen LogP contribution in [0.3, 0.4) is 0 Å². The van der Waals surface area contributed by atoms with E-state index in [1.54, 1.807) is 40.7 Å². The first kappa shape index (κ1) is 26.6. The van der Waals surface area contributed by atoms with Crippen molar-refractivity contribution in [2.75, 3.05) is 37.7 Å². The topological polar surface area (TPSA) is 125 Å². The Labute approximate surface area is 195 Å². The number of anilines is 1. The molecule has 0 atom stereocenters. The number of ether oxygens (including phenoxy) is 1. The number of rotatable bonds is 8. The maximum absolute atomic E-state index is 13.0. The van der Waals surface area contributed by atoms with Crippen LogP contribution in [0.4, 0.5) is 10.5 Å². The Bertz CT molecular complexity index is 977. The first-order valence-corrected chi connectivity index (χ1v) is 12.5. The molecule has 1 aromatic carbocycles. The zero-order valence-corrected chi connectivity index (χ0v) is 20.8. The van der Waals surface area contributed by atoms with Crippen LogP contribution in [0.25, 0.3) is 0 Å². The van der Waals surface area contributed by atoms with Gasteiger partial charge in [0.2, 0.25) is 10.0 Å². The Balaban J connectivity index is 2.23. The highest BCUT2D eigenvalue weighted by Crippen LogP contribution is 2.29. The molecule has 3 amide bonds. The first-order chi connectivity index (χ1) is 15.4. The largest absolute Gasteiger partial charge is 0.452 e. The Hall–Kier alpha value is -2.66.